The molecule has 4 aromatic carbocycles. The smallest absolute Gasteiger partial charge is 0.258 e. The predicted octanol–water partition coefficient (Wildman–Crippen LogP) is 9.17. The van der Waals surface area contributed by atoms with Crippen molar-refractivity contribution < 1.29 is 37.5 Å². The van der Waals surface area contributed by atoms with Crippen molar-refractivity contribution in [3.63, 3.8) is 0 Å². The number of aromatic amines is 1. The number of benzene rings is 4. The van der Waals surface area contributed by atoms with Gasteiger partial charge in [-0.2, -0.15) is 5.10 Å². The number of anilines is 5. The zero-order valence-electron chi connectivity index (χ0n) is 44.2. The first-order valence-corrected chi connectivity index (χ1v) is 28.0. The standard InChI is InChI=1S/C59H74F2N10O6/c60-43-36-42(37-44(61)39-43)35-41-13-20-51-50(38-41)57(67-66-51)65-58(75)49-19-18-48(40-53(49)63-46-23-33-77-34-24-46)69-27-31-71(32-28-69)56(74)12-10-8-6-4-2-1-3-5-7-9-11-55(73)70-29-25-68(26-30-70)47-16-14-45(15-17-47)62-52-21-22-54(72)64-59(52)76/h13-20,36-40,46,52,62-63H,1-12,21-35H2,(H,64,72,76)(H2,65,66,67,75). The molecule has 18 heteroatoms. The van der Waals surface area contributed by atoms with Crippen molar-refractivity contribution >= 4 is 69.0 Å². The minimum atomic E-state index is -0.631. The van der Waals surface area contributed by atoms with Crippen molar-refractivity contribution in [1.29, 1.82) is 0 Å². The maximum atomic E-state index is 14.0. The number of halogens is 2. The van der Waals surface area contributed by atoms with Crippen molar-refractivity contribution in [3.05, 3.63) is 107 Å². The second kappa shape index (κ2) is 26.8. The molecule has 1 aromatic heterocycles. The fraction of sp³-hybridized carbons (Fsp3) is 0.492. The molecule has 0 spiro atoms. The summed E-state index contributed by atoms with van der Waals surface area (Å²) >= 11 is 0. The van der Waals surface area contributed by atoms with E-state index < -0.39 is 17.7 Å². The van der Waals surface area contributed by atoms with E-state index in [9.17, 15) is 32.8 Å². The summed E-state index contributed by atoms with van der Waals surface area (Å²) < 4.78 is 33.4. The normalized spacial score (nSPS) is 17.4. The van der Waals surface area contributed by atoms with Crippen LogP contribution in [0.2, 0.25) is 0 Å². The molecule has 4 saturated heterocycles. The topological polar surface area (TPSA) is 184 Å². The Hall–Kier alpha value is -7.08. The third-order valence-corrected chi connectivity index (χ3v) is 15.5. The largest absolute Gasteiger partial charge is 0.381 e. The molecule has 77 heavy (non-hydrogen) atoms. The van der Waals surface area contributed by atoms with Gasteiger partial charge < -0.3 is 40.3 Å². The number of rotatable bonds is 23. The van der Waals surface area contributed by atoms with E-state index in [4.69, 9.17) is 4.74 Å². The Morgan fingerprint density at radius 1 is 0.623 bits per heavy atom. The Labute approximate surface area is 450 Å². The maximum absolute atomic E-state index is 14.0. The van der Waals surface area contributed by atoms with Crippen molar-refractivity contribution in [3.8, 4) is 0 Å². The molecular formula is C59H74F2N10O6. The fourth-order valence-electron chi connectivity index (χ4n) is 11.0. The van der Waals surface area contributed by atoms with Gasteiger partial charge in [0, 0.05) is 125 Å². The zero-order chi connectivity index (χ0) is 53.5. The Morgan fingerprint density at radius 2 is 1.21 bits per heavy atom. The van der Waals surface area contributed by atoms with Gasteiger partial charge in [-0.15, -0.1) is 0 Å². The van der Waals surface area contributed by atoms with Crippen LogP contribution >= 0.6 is 0 Å². The van der Waals surface area contributed by atoms with Gasteiger partial charge in [0.05, 0.1) is 11.1 Å². The van der Waals surface area contributed by atoms with Gasteiger partial charge >= 0.3 is 0 Å². The summed E-state index contributed by atoms with van der Waals surface area (Å²) in [4.78, 5) is 72.4. The highest BCUT2D eigenvalue weighted by Crippen LogP contribution is 2.30. The SMILES string of the molecule is O=C1CCC(Nc2ccc(N3CCN(C(=O)CCCCCCCCCCCCC(=O)N4CCN(c5ccc(C(=O)Nc6n[nH]c7ccc(Cc8cc(F)cc(F)c8)cc67)c(NC6CCOCC6)c5)CC4)CC3)cc2)C(=O)N1. The van der Waals surface area contributed by atoms with Gasteiger partial charge in [-0.3, -0.25) is 34.4 Å². The maximum Gasteiger partial charge on any atom is 0.258 e. The highest BCUT2D eigenvalue weighted by Gasteiger charge is 2.28. The second-order valence-corrected chi connectivity index (χ2v) is 21.1. The van der Waals surface area contributed by atoms with Crippen LogP contribution in [-0.2, 0) is 30.3 Å². The molecule has 9 rings (SSSR count). The Kier molecular flexibility index (Phi) is 19.0. The van der Waals surface area contributed by atoms with Gasteiger partial charge in [0.1, 0.15) is 17.7 Å². The molecule has 5 aromatic rings. The molecular weight excluding hydrogens is 983 g/mol. The highest BCUT2D eigenvalue weighted by atomic mass is 19.1. The number of aromatic nitrogens is 2. The molecule has 1 unspecified atom stereocenters. The zero-order valence-corrected chi connectivity index (χ0v) is 44.2. The van der Waals surface area contributed by atoms with E-state index in [2.05, 4.69) is 41.3 Å². The first-order valence-electron chi connectivity index (χ1n) is 28.0. The summed E-state index contributed by atoms with van der Waals surface area (Å²) in [6.45, 7) is 6.96. The van der Waals surface area contributed by atoms with Gasteiger partial charge in [-0.1, -0.05) is 57.4 Å². The monoisotopic (exact) mass is 1060 g/mol. The van der Waals surface area contributed by atoms with Crippen LogP contribution in [0.3, 0.4) is 0 Å². The van der Waals surface area contributed by atoms with Crippen molar-refractivity contribution in [2.45, 2.75) is 121 Å². The third kappa shape index (κ3) is 15.3. The first-order chi connectivity index (χ1) is 37.5. The van der Waals surface area contributed by atoms with E-state index in [0.717, 1.165) is 104 Å². The number of piperazine rings is 2. The first kappa shape index (κ1) is 54.7. The van der Waals surface area contributed by atoms with E-state index in [1.807, 2.05) is 70.5 Å². The number of carbonyl (C=O) groups is 5. The average Bonchev–Trinajstić information content (AvgIpc) is 3.86. The van der Waals surface area contributed by atoms with Crippen LogP contribution in [0.4, 0.5) is 37.3 Å². The molecule has 5 amide bonds. The van der Waals surface area contributed by atoms with E-state index in [0.29, 0.717) is 107 Å². The number of ether oxygens (including phenoxy) is 1. The highest BCUT2D eigenvalue weighted by molar-refractivity contribution is 6.11. The lowest BCUT2D eigenvalue weighted by atomic mass is 10.0. The fourth-order valence-corrected chi connectivity index (χ4v) is 11.0. The van der Waals surface area contributed by atoms with Gasteiger partial charge in [0.25, 0.3) is 5.91 Å². The summed E-state index contributed by atoms with van der Waals surface area (Å²) in [7, 11) is 0. The Balaban J connectivity index is 0.631. The van der Waals surface area contributed by atoms with Crippen LogP contribution < -0.4 is 31.1 Å². The number of amides is 5. The summed E-state index contributed by atoms with van der Waals surface area (Å²) in [5.74, 6) is -1.27. The summed E-state index contributed by atoms with van der Waals surface area (Å²) in [5.41, 5.74) is 6.15. The summed E-state index contributed by atoms with van der Waals surface area (Å²) in [5, 5.41) is 20.3. The Bertz CT molecular complexity index is 2800. The molecule has 410 valence electrons. The van der Waals surface area contributed by atoms with Crippen LogP contribution in [0.15, 0.2) is 78.9 Å². The predicted molar refractivity (Wildman–Crippen MR) is 296 cm³/mol. The molecule has 0 radical (unpaired) electrons. The number of imide groups is 1. The minimum absolute atomic E-state index is 0.141. The molecule has 5 heterocycles. The van der Waals surface area contributed by atoms with Crippen LogP contribution in [-0.4, -0.2) is 127 Å². The molecule has 0 aliphatic carbocycles. The number of hydrogen-bond acceptors (Lipinski definition) is 11. The van der Waals surface area contributed by atoms with Crippen LogP contribution in [0.25, 0.3) is 10.9 Å². The van der Waals surface area contributed by atoms with Crippen LogP contribution in [0.1, 0.15) is 124 Å². The van der Waals surface area contributed by atoms with Gasteiger partial charge in [-0.05, 0) is 116 Å². The lowest BCUT2D eigenvalue weighted by Crippen LogP contribution is -2.48. The molecule has 4 fully saturated rings. The van der Waals surface area contributed by atoms with Crippen molar-refractivity contribution in [2.75, 3.05) is 91.3 Å². The molecule has 4 aliphatic rings. The molecule has 0 bridgehead atoms. The lowest BCUT2D eigenvalue weighted by Gasteiger charge is -2.36. The third-order valence-electron chi connectivity index (χ3n) is 15.5. The number of fused-ring (bicyclic) bond motifs is 1. The van der Waals surface area contributed by atoms with Crippen LogP contribution in [0, 0.1) is 11.6 Å². The van der Waals surface area contributed by atoms with E-state index >= 15 is 0 Å². The van der Waals surface area contributed by atoms with Crippen LogP contribution in [0.5, 0.6) is 0 Å². The van der Waals surface area contributed by atoms with Gasteiger partial charge in [-0.25, -0.2) is 8.78 Å². The minimum Gasteiger partial charge on any atom is -0.381 e. The van der Waals surface area contributed by atoms with Crippen molar-refractivity contribution in [2.24, 2.45) is 0 Å². The average molecular weight is 1060 g/mol. The Morgan fingerprint density at radius 3 is 1.82 bits per heavy atom. The van der Waals surface area contributed by atoms with Gasteiger partial charge in [0.2, 0.25) is 23.6 Å². The summed E-state index contributed by atoms with van der Waals surface area (Å²) in [6.07, 6.45) is 14.9. The quantitative estimate of drug-likeness (QED) is 0.0311. The van der Waals surface area contributed by atoms with Gasteiger partial charge in [0.15, 0.2) is 5.82 Å². The van der Waals surface area contributed by atoms with E-state index in [-0.39, 0.29) is 35.6 Å². The molecule has 1 atom stereocenters. The lowest BCUT2D eigenvalue weighted by molar-refractivity contribution is -0.134. The molecule has 4 aliphatic heterocycles. The molecule has 16 nitrogen and oxygen atoms in total. The van der Waals surface area contributed by atoms with E-state index in [1.165, 1.54) is 37.8 Å². The van der Waals surface area contributed by atoms with E-state index in [1.54, 1.807) is 0 Å². The molecule has 0 saturated carbocycles. The number of hydrogen-bond donors (Lipinski definition) is 5. The number of carbonyl (C=O) groups excluding carboxylic acids is 5. The van der Waals surface area contributed by atoms with Crippen molar-refractivity contribution in [1.82, 2.24) is 25.3 Å². The molecule has 5 N–H and O–H groups in total. The summed E-state index contributed by atoms with van der Waals surface area (Å²) in [6, 6.07) is 22.6. The number of H-pyrrole nitrogens is 1. The number of piperidine rings is 1. The number of nitrogens with zero attached hydrogens (tertiary/aromatic N) is 5. The second-order valence-electron chi connectivity index (χ2n) is 21.1. The number of nitrogens with one attached hydrogen (secondary N) is 5. The number of unbranched alkanes of at least 4 members (excludes halogenated alkanes) is 9.